The Morgan fingerprint density at radius 2 is 1.64 bits per heavy atom. The molecule has 0 aromatic heterocycles. The molecule has 2 atom stereocenters. The molecule has 11 heavy (non-hydrogen) atoms. The second-order valence-corrected chi connectivity index (χ2v) is 3.60. The molecule has 2 unspecified atom stereocenters. The van der Waals surface area contributed by atoms with Crippen molar-refractivity contribution in [3.63, 3.8) is 0 Å². The normalized spacial score (nSPS) is 34.1. The van der Waals surface area contributed by atoms with Gasteiger partial charge >= 0.3 is 0 Å². The smallest absolute Gasteiger partial charge is 0.0195 e. The van der Waals surface area contributed by atoms with Crippen LogP contribution in [0.3, 0.4) is 0 Å². The van der Waals surface area contributed by atoms with Crippen molar-refractivity contribution in [1.82, 2.24) is 10.2 Å². The van der Waals surface area contributed by atoms with Gasteiger partial charge in [-0.25, -0.2) is 0 Å². The summed E-state index contributed by atoms with van der Waals surface area (Å²) < 4.78 is 0. The van der Waals surface area contributed by atoms with Gasteiger partial charge < -0.3 is 10.2 Å². The zero-order chi connectivity index (χ0) is 8.27. The zero-order valence-electron chi connectivity index (χ0n) is 7.93. The third-order valence-electron chi connectivity index (χ3n) is 2.52. The van der Waals surface area contributed by atoms with E-state index >= 15 is 0 Å². The van der Waals surface area contributed by atoms with Crippen LogP contribution in [0, 0.1) is 0 Å². The predicted molar refractivity (Wildman–Crippen MR) is 48.8 cm³/mol. The third kappa shape index (κ3) is 2.46. The van der Waals surface area contributed by atoms with Crippen LogP contribution < -0.4 is 5.32 Å². The van der Waals surface area contributed by atoms with Gasteiger partial charge in [0.15, 0.2) is 0 Å². The maximum atomic E-state index is 3.64. The number of piperazine rings is 1. The van der Waals surface area contributed by atoms with Crippen molar-refractivity contribution in [2.75, 3.05) is 20.1 Å². The fourth-order valence-electron chi connectivity index (χ4n) is 1.76. The Kier molecular flexibility index (Phi) is 3.34. The summed E-state index contributed by atoms with van der Waals surface area (Å²) in [5.74, 6) is 0. The standard InChI is InChI=1S/C9H20N2/c1-4-8-6-11(3)7-9(5-2)10-8/h8-10H,4-7H2,1-3H3. The Bertz CT molecular complexity index is 102. The minimum atomic E-state index is 0.721. The highest BCUT2D eigenvalue weighted by molar-refractivity contribution is 4.82. The van der Waals surface area contributed by atoms with E-state index in [1.54, 1.807) is 0 Å². The summed E-state index contributed by atoms with van der Waals surface area (Å²) >= 11 is 0. The minimum Gasteiger partial charge on any atom is -0.309 e. The highest BCUT2D eigenvalue weighted by Gasteiger charge is 2.21. The van der Waals surface area contributed by atoms with Crippen molar-refractivity contribution in [2.45, 2.75) is 38.8 Å². The van der Waals surface area contributed by atoms with Crippen molar-refractivity contribution < 1.29 is 0 Å². The van der Waals surface area contributed by atoms with E-state index in [1.165, 1.54) is 25.9 Å². The Morgan fingerprint density at radius 3 is 2.00 bits per heavy atom. The van der Waals surface area contributed by atoms with Gasteiger partial charge in [0.2, 0.25) is 0 Å². The van der Waals surface area contributed by atoms with E-state index < -0.39 is 0 Å². The van der Waals surface area contributed by atoms with Gasteiger partial charge in [0.25, 0.3) is 0 Å². The van der Waals surface area contributed by atoms with Crippen LogP contribution in [0.25, 0.3) is 0 Å². The van der Waals surface area contributed by atoms with E-state index in [2.05, 4.69) is 31.1 Å². The first kappa shape index (κ1) is 9.01. The number of likely N-dealkylation sites (N-methyl/N-ethyl adjacent to an activating group) is 1. The fourth-order valence-corrected chi connectivity index (χ4v) is 1.76. The second kappa shape index (κ2) is 4.07. The summed E-state index contributed by atoms with van der Waals surface area (Å²) in [5, 5.41) is 3.64. The molecule has 2 nitrogen and oxygen atoms in total. The average Bonchev–Trinajstić information content (AvgIpc) is 2.03. The number of hydrogen-bond acceptors (Lipinski definition) is 2. The number of nitrogens with zero attached hydrogens (tertiary/aromatic N) is 1. The summed E-state index contributed by atoms with van der Waals surface area (Å²) in [7, 11) is 2.21. The van der Waals surface area contributed by atoms with E-state index in [4.69, 9.17) is 0 Å². The van der Waals surface area contributed by atoms with E-state index in [-0.39, 0.29) is 0 Å². The van der Waals surface area contributed by atoms with Gasteiger partial charge in [-0.2, -0.15) is 0 Å². The van der Waals surface area contributed by atoms with Crippen molar-refractivity contribution in [2.24, 2.45) is 0 Å². The molecule has 1 N–H and O–H groups in total. The van der Waals surface area contributed by atoms with Gasteiger partial charge in [-0.15, -0.1) is 0 Å². The molecule has 66 valence electrons. The molecule has 0 aromatic rings. The molecule has 2 heteroatoms. The summed E-state index contributed by atoms with van der Waals surface area (Å²) in [5.41, 5.74) is 0. The molecule has 0 bridgehead atoms. The van der Waals surface area contributed by atoms with E-state index in [1.807, 2.05) is 0 Å². The maximum absolute atomic E-state index is 3.64. The van der Waals surface area contributed by atoms with Crippen LogP contribution in [-0.2, 0) is 0 Å². The van der Waals surface area contributed by atoms with Crippen LogP contribution in [0.2, 0.25) is 0 Å². The van der Waals surface area contributed by atoms with Crippen LogP contribution in [0.1, 0.15) is 26.7 Å². The lowest BCUT2D eigenvalue weighted by Crippen LogP contribution is -2.54. The molecule has 1 saturated heterocycles. The van der Waals surface area contributed by atoms with Gasteiger partial charge in [0, 0.05) is 25.2 Å². The van der Waals surface area contributed by atoms with Crippen molar-refractivity contribution in [3.8, 4) is 0 Å². The molecule has 1 heterocycles. The third-order valence-corrected chi connectivity index (χ3v) is 2.52. The molecule has 1 aliphatic heterocycles. The molecule has 0 radical (unpaired) electrons. The first-order chi connectivity index (χ1) is 5.26. The maximum Gasteiger partial charge on any atom is 0.0195 e. The molecule has 0 saturated carbocycles. The molecular formula is C9H20N2. The first-order valence-electron chi connectivity index (χ1n) is 4.70. The largest absolute Gasteiger partial charge is 0.309 e. The lowest BCUT2D eigenvalue weighted by molar-refractivity contribution is 0.185. The number of nitrogens with one attached hydrogen (secondary N) is 1. The number of rotatable bonds is 2. The Balaban J connectivity index is 2.37. The molecule has 0 spiro atoms. The van der Waals surface area contributed by atoms with Gasteiger partial charge in [0.1, 0.15) is 0 Å². The summed E-state index contributed by atoms with van der Waals surface area (Å²) in [6.45, 7) is 6.94. The Morgan fingerprint density at radius 1 is 1.18 bits per heavy atom. The van der Waals surface area contributed by atoms with Crippen LogP contribution in [0.15, 0.2) is 0 Å². The molecule has 1 rings (SSSR count). The zero-order valence-corrected chi connectivity index (χ0v) is 7.93. The molecule has 0 amide bonds. The lowest BCUT2D eigenvalue weighted by Gasteiger charge is -2.36. The highest BCUT2D eigenvalue weighted by Crippen LogP contribution is 2.06. The van der Waals surface area contributed by atoms with E-state index in [0.29, 0.717) is 0 Å². The van der Waals surface area contributed by atoms with E-state index in [0.717, 1.165) is 12.1 Å². The van der Waals surface area contributed by atoms with Crippen LogP contribution >= 0.6 is 0 Å². The van der Waals surface area contributed by atoms with Gasteiger partial charge in [-0.1, -0.05) is 13.8 Å². The molecule has 1 aliphatic rings. The molecular weight excluding hydrogens is 136 g/mol. The van der Waals surface area contributed by atoms with Gasteiger partial charge in [-0.3, -0.25) is 0 Å². The van der Waals surface area contributed by atoms with Gasteiger partial charge in [-0.05, 0) is 19.9 Å². The van der Waals surface area contributed by atoms with Gasteiger partial charge in [0.05, 0.1) is 0 Å². The quantitative estimate of drug-likeness (QED) is 0.643. The molecule has 0 aromatic carbocycles. The highest BCUT2D eigenvalue weighted by atomic mass is 15.2. The fraction of sp³-hybridized carbons (Fsp3) is 1.00. The lowest BCUT2D eigenvalue weighted by atomic mass is 10.1. The minimum absolute atomic E-state index is 0.721. The monoisotopic (exact) mass is 156 g/mol. The topological polar surface area (TPSA) is 15.3 Å². The van der Waals surface area contributed by atoms with Crippen LogP contribution in [0.5, 0.6) is 0 Å². The second-order valence-electron chi connectivity index (χ2n) is 3.60. The first-order valence-corrected chi connectivity index (χ1v) is 4.70. The Hall–Kier alpha value is -0.0800. The number of hydrogen-bond donors (Lipinski definition) is 1. The summed E-state index contributed by atoms with van der Waals surface area (Å²) in [6, 6.07) is 1.44. The molecule has 0 aliphatic carbocycles. The summed E-state index contributed by atoms with van der Waals surface area (Å²) in [4.78, 5) is 2.43. The molecule has 1 fully saturated rings. The average molecular weight is 156 g/mol. The van der Waals surface area contributed by atoms with Crippen LogP contribution in [-0.4, -0.2) is 37.1 Å². The Labute approximate surface area is 70.0 Å². The SMILES string of the molecule is CCC1CN(C)CC(CC)N1. The van der Waals surface area contributed by atoms with Crippen molar-refractivity contribution in [3.05, 3.63) is 0 Å². The van der Waals surface area contributed by atoms with E-state index in [9.17, 15) is 0 Å². The van der Waals surface area contributed by atoms with Crippen molar-refractivity contribution >= 4 is 0 Å². The predicted octanol–water partition coefficient (Wildman–Crippen LogP) is 1.08. The summed E-state index contributed by atoms with van der Waals surface area (Å²) in [6.07, 6.45) is 2.50. The van der Waals surface area contributed by atoms with Crippen LogP contribution in [0.4, 0.5) is 0 Å². The van der Waals surface area contributed by atoms with Crippen molar-refractivity contribution in [1.29, 1.82) is 0 Å².